The molecule has 0 fully saturated rings. The van der Waals surface area contributed by atoms with Crippen molar-refractivity contribution in [2.24, 2.45) is 0 Å². The Kier molecular flexibility index (Phi) is 3.48. The molecule has 1 aromatic heterocycles. The summed E-state index contributed by atoms with van der Waals surface area (Å²) in [6.07, 6.45) is 5.23. The van der Waals surface area contributed by atoms with Gasteiger partial charge in [-0.1, -0.05) is 12.6 Å². The maximum absolute atomic E-state index is 8.59. The van der Waals surface area contributed by atoms with Crippen LogP contribution in [0.1, 0.15) is 17.7 Å². The van der Waals surface area contributed by atoms with Crippen LogP contribution in [0.5, 0.6) is 0 Å². The van der Waals surface area contributed by atoms with E-state index in [0.717, 1.165) is 24.1 Å². The second-order valence-electron chi connectivity index (χ2n) is 2.62. The smallest absolute Gasteiger partial charge is 0.0623 e. The summed E-state index contributed by atoms with van der Waals surface area (Å²) >= 11 is 0. The van der Waals surface area contributed by atoms with E-state index in [9.17, 15) is 0 Å². The first kappa shape index (κ1) is 8.94. The second kappa shape index (κ2) is 4.67. The summed E-state index contributed by atoms with van der Waals surface area (Å²) in [7, 11) is 0. The van der Waals surface area contributed by atoms with E-state index in [-0.39, 0.29) is 6.61 Å². The standard InChI is InChI=1S/C10H13NO/c1-2-10-6-5-9(8-11-10)4-3-7-12/h2,5-6,8,12H,1,3-4,7H2. The zero-order valence-corrected chi connectivity index (χ0v) is 7.03. The quantitative estimate of drug-likeness (QED) is 0.732. The van der Waals surface area contributed by atoms with Crippen LogP contribution >= 0.6 is 0 Å². The summed E-state index contributed by atoms with van der Waals surface area (Å²) < 4.78 is 0. The van der Waals surface area contributed by atoms with E-state index in [1.165, 1.54) is 0 Å². The Labute approximate surface area is 72.6 Å². The molecule has 1 N–H and O–H groups in total. The highest BCUT2D eigenvalue weighted by atomic mass is 16.2. The van der Waals surface area contributed by atoms with Crippen LogP contribution in [-0.2, 0) is 6.42 Å². The lowest BCUT2D eigenvalue weighted by Crippen LogP contribution is -1.90. The normalized spacial score (nSPS) is 9.75. The molecule has 0 aliphatic rings. The van der Waals surface area contributed by atoms with E-state index in [1.54, 1.807) is 6.08 Å². The second-order valence-corrected chi connectivity index (χ2v) is 2.62. The molecule has 12 heavy (non-hydrogen) atoms. The van der Waals surface area contributed by atoms with E-state index in [2.05, 4.69) is 11.6 Å². The highest BCUT2D eigenvalue weighted by molar-refractivity contribution is 5.41. The Hall–Kier alpha value is -1.15. The van der Waals surface area contributed by atoms with Gasteiger partial charge < -0.3 is 5.11 Å². The molecule has 2 heteroatoms. The SMILES string of the molecule is C=Cc1ccc(CCCO)cn1. The minimum atomic E-state index is 0.239. The van der Waals surface area contributed by atoms with Crippen molar-refractivity contribution in [1.29, 1.82) is 0 Å². The molecule has 0 atom stereocenters. The molecule has 0 amide bonds. The maximum atomic E-state index is 8.59. The van der Waals surface area contributed by atoms with E-state index in [4.69, 9.17) is 5.11 Å². The Bertz CT molecular complexity index is 241. The molecule has 0 unspecified atom stereocenters. The lowest BCUT2D eigenvalue weighted by atomic mass is 10.1. The van der Waals surface area contributed by atoms with Gasteiger partial charge in [-0.3, -0.25) is 4.98 Å². The van der Waals surface area contributed by atoms with Gasteiger partial charge in [-0.2, -0.15) is 0 Å². The summed E-state index contributed by atoms with van der Waals surface area (Å²) in [4.78, 5) is 4.15. The topological polar surface area (TPSA) is 33.1 Å². The third kappa shape index (κ3) is 2.47. The molecule has 2 nitrogen and oxygen atoms in total. The van der Waals surface area contributed by atoms with Crippen molar-refractivity contribution in [2.45, 2.75) is 12.8 Å². The van der Waals surface area contributed by atoms with Gasteiger partial charge in [0, 0.05) is 12.8 Å². The molecule has 1 aromatic rings. The molecule has 0 aliphatic carbocycles. The van der Waals surface area contributed by atoms with Crippen molar-refractivity contribution in [3.63, 3.8) is 0 Å². The summed E-state index contributed by atoms with van der Waals surface area (Å²) in [5.74, 6) is 0. The summed E-state index contributed by atoms with van der Waals surface area (Å²) in [6.45, 7) is 3.86. The Morgan fingerprint density at radius 1 is 1.50 bits per heavy atom. The van der Waals surface area contributed by atoms with Crippen LogP contribution in [0, 0.1) is 0 Å². The number of hydrogen-bond acceptors (Lipinski definition) is 2. The first-order valence-corrected chi connectivity index (χ1v) is 4.05. The number of rotatable bonds is 4. The fourth-order valence-electron chi connectivity index (χ4n) is 0.988. The van der Waals surface area contributed by atoms with Crippen LogP contribution in [0.15, 0.2) is 24.9 Å². The van der Waals surface area contributed by atoms with Crippen LogP contribution in [0.3, 0.4) is 0 Å². The predicted molar refractivity (Wildman–Crippen MR) is 49.7 cm³/mol. The average molecular weight is 163 g/mol. The number of aryl methyl sites for hydroxylation is 1. The lowest BCUT2D eigenvalue weighted by Gasteiger charge is -1.98. The summed E-state index contributed by atoms with van der Waals surface area (Å²) in [6, 6.07) is 3.94. The molecule has 0 saturated heterocycles. The molecule has 0 bridgehead atoms. The zero-order valence-electron chi connectivity index (χ0n) is 7.03. The fourth-order valence-corrected chi connectivity index (χ4v) is 0.988. The van der Waals surface area contributed by atoms with Crippen molar-refractivity contribution >= 4 is 6.08 Å². The maximum Gasteiger partial charge on any atom is 0.0623 e. The Morgan fingerprint density at radius 2 is 2.33 bits per heavy atom. The molecule has 64 valence electrons. The van der Waals surface area contributed by atoms with Crippen LogP contribution in [-0.4, -0.2) is 16.7 Å². The van der Waals surface area contributed by atoms with Gasteiger partial charge in [0.05, 0.1) is 5.69 Å². The number of pyridine rings is 1. The third-order valence-electron chi connectivity index (χ3n) is 1.68. The summed E-state index contributed by atoms with van der Waals surface area (Å²) in [5.41, 5.74) is 2.05. The average Bonchev–Trinajstić information content (AvgIpc) is 2.15. The first-order chi connectivity index (χ1) is 5.86. The third-order valence-corrected chi connectivity index (χ3v) is 1.68. The van der Waals surface area contributed by atoms with E-state index >= 15 is 0 Å². The van der Waals surface area contributed by atoms with Crippen LogP contribution in [0.4, 0.5) is 0 Å². The molecule has 0 aromatic carbocycles. The predicted octanol–water partition coefficient (Wildman–Crippen LogP) is 1.65. The van der Waals surface area contributed by atoms with Gasteiger partial charge in [-0.25, -0.2) is 0 Å². The summed E-state index contributed by atoms with van der Waals surface area (Å²) in [5, 5.41) is 8.59. The van der Waals surface area contributed by atoms with Crippen molar-refractivity contribution in [3.8, 4) is 0 Å². The molecule has 0 saturated carbocycles. The van der Waals surface area contributed by atoms with Gasteiger partial charge in [0.1, 0.15) is 0 Å². The number of hydrogen-bond donors (Lipinski definition) is 1. The van der Waals surface area contributed by atoms with Crippen molar-refractivity contribution in [3.05, 3.63) is 36.2 Å². The van der Waals surface area contributed by atoms with Gasteiger partial charge >= 0.3 is 0 Å². The van der Waals surface area contributed by atoms with E-state index in [1.807, 2.05) is 18.3 Å². The lowest BCUT2D eigenvalue weighted by molar-refractivity contribution is 0.288. The van der Waals surface area contributed by atoms with E-state index < -0.39 is 0 Å². The molecule has 1 heterocycles. The number of aliphatic hydroxyl groups excluding tert-OH is 1. The van der Waals surface area contributed by atoms with E-state index in [0.29, 0.717) is 0 Å². The molecular formula is C10H13NO. The van der Waals surface area contributed by atoms with Gasteiger partial charge in [-0.05, 0) is 30.5 Å². The highest BCUT2D eigenvalue weighted by Crippen LogP contribution is 2.03. The molecule has 0 aliphatic heterocycles. The van der Waals surface area contributed by atoms with Crippen LogP contribution in [0.25, 0.3) is 6.08 Å². The largest absolute Gasteiger partial charge is 0.396 e. The molecular weight excluding hydrogens is 150 g/mol. The van der Waals surface area contributed by atoms with Gasteiger partial charge in [-0.15, -0.1) is 0 Å². The van der Waals surface area contributed by atoms with Crippen LogP contribution < -0.4 is 0 Å². The van der Waals surface area contributed by atoms with Crippen molar-refractivity contribution in [2.75, 3.05) is 6.61 Å². The number of aliphatic hydroxyl groups is 1. The van der Waals surface area contributed by atoms with Crippen molar-refractivity contribution < 1.29 is 5.11 Å². The van der Waals surface area contributed by atoms with Gasteiger partial charge in [0.15, 0.2) is 0 Å². The monoisotopic (exact) mass is 163 g/mol. The molecule has 0 spiro atoms. The van der Waals surface area contributed by atoms with Gasteiger partial charge in [0.25, 0.3) is 0 Å². The zero-order chi connectivity index (χ0) is 8.81. The minimum Gasteiger partial charge on any atom is -0.396 e. The minimum absolute atomic E-state index is 0.239. The van der Waals surface area contributed by atoms with Crippen LogP contribution in [0.2, 0.25) is 0 Å². The van der Waals surface area contributed by atoms with Gasteiger partial charge in [0.2, 0.25) is 0 Å². The van der Waals surface area contributed by atoms with Crippen molar-refractivity contribution in [1.82, 2.24) is 4.98 Å². The first-order valence-electron chi connectivity index (χ1n) is 4.05. The Morgan fingerprint density at radius 3 is 2.83 bits per heavy atom. The molecule has 0 radical (unpaired) electrons. The fraction of sp³-hybridized carbons (Fsp3) is 0.300. The number of nitrogens with zero attached hydrogens (tertiary/aromatic N) is 1. The molecule has 1 rings (SSSR count). The Balaban J connectivity index is 2.58. The highest BCUT2D eigenvalue weighted by Gasteiger charge is 1.92. The number of aromatic nitrogens is 1.